The van der Waals surface area contributed by atoms with E-state index in [-0.39, 0.29) is 17.2 Å². The van der Waals surface area contributed by atoms with Gasteiger partial charge in [-0.25, -0.2) is 15.0 Å². The van der Waals surface area contributed by atoms with E-state index in [4.69, 9.17) is 0 Å². The number of ether oxygens (including phenoxy) is 1. The van der Waals surface area contributed by atoms with Gasteiger partial charge in [-0.15, -0.1) is 13.2 Å². The molecule has 0 bridgehead atoms. The lowest BCUT2D eigenvalue weighted by atomic mass is 10.1. The number of anilines is 2. The average Bonchev–Trinajstić information content (AvgIpc) is 3.12. The number of hydrogen-bond acceptors (Lipinski definition) is 7. The first kappa shape index (κ1) is 22.5. The van der Waals surface area contributed by atoms with Gasteiger partial charge in [0.2, 0.25) is 0 Å². The zero-order valence-electron chi connectivity index (χ0n) is 17.5. The largest absolute Gasteiger partial charge is 0.573 e. The lowest BCUT2D eigenvalue weighted by Gasteiger charge is -2.21. The van der Waals surface area contributed by atoms with Crippen LogP contribution >= 0.6 is 0 Å². The highest BCUT2D eigenvalue weighted by Gasteiger charge is 2.31. The molecule has 0 unspecified atom stereocenters. The minimum Gasteiger partial charge on any atom is -0.406 e. The Hall–Kier alpha value is -3.73. The average molecular weight is 459 g/mol. The highest BCUT2D eigenvalue weighted by Crippen LogP contribution is 2.33. The summed E-state index contributed by atoms with van der Waals surface area (Å²) in [4.78, 5) is 27.3. The molecule has 1 aliphatic heterocycles. The first-order chi connectivity index (χ1) is 15.7. The van der Waals surface area contributed by atoms with E-state index >= 15 is 0 Å². The highest BCUT2D eigenvalue weighted by atomic mass is 19.4. The molecule has 1 fully saturated rings. The Morgan fingerprint density at radius 1 is 1.15 bits per heavy atom. The molecule has 3 heterocycles. The molecule has 2 atom stereocenters. The number of halogens is 3. The first-order valence-corrected chi connectivity index (χ1v) is 10.1. The number of pyridine rings is 1. The van der Waals surface area contributed by atoms with Gasteiger partial charge < -0.3 is 20.1 Å². The molecule has 1 aromatic carbocycles. The second-order valence-corrected chi connectivity index (χ2v) is 7.70. The fourth-order valence-corrected chi connectivity index (χ4v) is 3.55. The zero-order valence-corrected chi connectivity index (χ0v) is 17.5. The van der Waals surface area contributed by atoms with Gasteiger partial charge in [0.25, 0.3) is 5.91 Å². The van der Waals surface area contributed by atoms with Crippen LogP contribution in [0.1, 0.15) is 17.3 Å². The maximum atomic E-state index is 12.8. The van der Waals surface area contributed by atoms with E-state index in [2.05, 4.69) is 25.0 Å². The van der Waals surface area contributed by atoms with Crippen molar-refractivity contribution in [3.63, 3.8) is 0 Å². The highest BCUT2D eigenvalue weighted by molar-refractivity contribution is 6.05. The SMILES string of the molecule is C[C@@H]1CN(c2ncc(C(=O)Nc3ccc(OC(F)(F)F)cc3)cc2-c2cncnc2)C[C@@H]1O. The molecular formula is C22H20F3N5O3. The Morgan fingerprint density at radius 2 is 1.85 bits per heavy atom. The number of benzene rings is 1. The molecule has 1 saturated heterocycles. The zero-order chi connectivity index (χ0) is 23.6. The number of β-amino-alcohol motifs (C(OH)–C–C–N with tert-alkyl or cyclic N) is 1. The van der Waals surface area contributed by atoms with Crippen LogP contribution in [0.15, 0.2) is 55.2 Å². The standard InChI is InChI=1S/C22H20F3N5O3/c1-13-10-30(11-19(13)31)20-18(15-7-26-12-27-8-15)6-14(9-28-20)21(32)29-16-2-4-17(5-3-16)33-22(23,24)25/h2-9,12-13,19,31H,10-11H2,1H3,(H,29,32)/t13-,19+/m1/s1. The van der Waals surface area contributed by atoms with Crippen LogP contribution in [0.2, 0.25) is 0 Å². The molecule has 8 nitrogen and oxygen atoms in total. The summed E-state index contributed by atoms with van der Waals surface area (Å²) in [5.74, 6) is -0.219. The minimum atomic E-state index is -4.79. The topological polar surface area (TPSA) is 100 Å². The smallest absolute Gasteiger partial charge is 0.406 e. The van der Waals surface area contributed by atoms with Crippen LogP contribution < -0.4 is 15.0 Å². The molecule has 33 heavy (non-hydrogen) atoms. The van der Waals surface area contributed by atoms with Gasteiger partial charge in [-0.3, -0.25) is 4.79 Å². The summed E-state index contributed by atoms with van der Waals surface area (Å²) in [6.07, 6.45) is 0.725. The number of carbonyl (C=O) groups excluding carboxylic acids is 1. The van der Waals surface area contributed by atoms with Crippen molar-refractivity contribution in [1.82, 2.24) is 15.0 Å². The van der Waals surface area contributed by atoms with E-state index in [1.807, 2.05) is 11.8 Å². The third-order valence-electron chi connectivity index (χ3n) is 5.22. The molecule has 172 valence electrons. The molecular weight excluding hydrogens is 439 g/mol. The number of aliphatic hydroxyl groups excluding tert-OH is 1. The van der Waals surface area contributed by atoms with Crippen molar-refractivity contribution >= 4 is 17.4 Å². The maximum absolute atomic E-state index is 12.8. The van der Waals surface area contributed by atoms with Crippen LogP contribution in [-0.4, -0.2) is 51.5 Å². The number of aromatic nitrogens is 3. The maximum Gasteiger partial charge on any atom is 0.573 e. The Balaban J connectivity index is 1.58. The summed E-state index contributed by atoms with van der Waals surface area (Å²) in [7, 11) is 0. The van der Waals surface area contributed by atoms with Crippen LogP contribution in [0.4, 0.5) is 24.7 Å². The van der Waals surface area contributed by atoms with E-state index in [1.165, 1.54) is 24.7 Å². The summed E-state index contributed by atoms with van der Waals surface area (Å²) in [5, 5.41) is 12.8. The van der Waals surface area contributed by atoms with E-state index < -0.39 is 18.4 Å². The normalized spacial score (nSPS) is 18.3. The number of amides is 1. The van der Waals surface area contributed by atoms with E-state index in [9.17, 15) is 23.1 Å². The molecule has 0 radical (unpaired) electrons. The van der Waals surface area contributed by atoms with Gasteiger partial charge >= 0.3 is 6.36 Å². The predicted octanol–water partition coefficient (Wildman–Crippen LogP) is 3.51. The number of nitrogens with one attached hydrogen (secondary N) is 1. The lowest BCUT2D eigenvalue weighted by Crippen LogP contribution is -2.23. The molecule has 1 aliphatic rings. The minimum absolute atomic E-state index is 0.0685. The predicted molar refractivity (Wildman–Crippen MR) is 114 cm³/mol. The summed E-state index contributed by atoms with van der Waals surface area (Å²) >= 11 is 0. The van der Waals surface area contributed by atoms with Gasteiger partial charge in [0.1, 0.15) is 17.9 Å². The van der Waals surface area contributed by atoms with Gasteiger partial charge in [-0.1, -0.05) is 6.92 Å². The molecule has 11 heteroatoms. The van der Waals surface area contributed by atoms with Crippen LogP contribution in [0, 0.1) is 5.92 Å². The fraction of sp³-hybridized carbons (Fsp3) is 0.273. The number of aliphatic hydroxyl groups is 1. The lowest BCUT2D eigenvalue weighted by molar-refractivity contribution is -0.274. The Morgan fingerprint density at radius 3 is 2.45 bits per heavy atom. The van der Waals surface area contributed by atoms with Crippen molar-refractivity contribution in [2.24, 2.45) is 5.92 Å². The molecule has 4 rings (SSSR count). The molecule has 0 saturated carbocycles. The van der Waals surface area contributed by atoms with Crippen molar-refractivity contribution in [2.75, 3.05) is 23.3 Å². The van der Waals surface area contributed by atoms with E-state index in [0.717, 1.165) is 12.1 Å². The van der Waals surface area contributed by atoms with Crippen molar-refractivity contribution in [1.29, 1.82) is 0 Å². The summed E-state index contributed by atoms with van der Waals surface area (Å²) in [5.41, 5.74) is 1.80. The number of hydrogen-bond donors (Lipinski definition) is 2. The van der Waals surface area contributed by atoms with Crippen molar-refractivity contribution in [3.8, 4) is 16.9 Å². The van der Waals surface area contributed by atoms with Gasteiger partial charge in [-0.2, -0.15) is 0 Å². The van der Waals surface area contributed by atoms with Gasteiger partial charge in [-0.05, 0) is 30.3 Å². The number of nitrogens with zero attached hydrogens (tertiary/aromatic N) is 4. The van der Waals surface area contributed by atoms with Gasteiger partial charge in [0.05, 0.1) is 11.7 Å². The van der Waals surface area contributed by atoms with E-state index in [0.29, 0.717) is 35.7 Å². The Labute approximate surface area is 187 Å². The fourth-order valence-electron chi connectivity index (χ4n) is 3.55. The number of rotatable bonds is 5. The summed E-state index contributed by atoms with van der Waals surface area (Å²) in [6, 6.07) is 6.47. The van der Waals surface area contributed by atoms with Crippen LogP contribution in [-0.2, 0) is 0 Å². The summed E-state index contributed by atoms with van der Waals surface area (Å²) in [6.45, 7) is 2.96. The first-order valence-electron chi connectivity index (χ1n) is 10.1. The Kier molecular flexibility index (Phi) is 6.14. The van der Waals surface area contributed by atoms with Crippen LogP contribution in [0.25, 0.3) is 11.1 Å². The van der Waals surface area contributed by atoms with Crippen molar-refractivity contribution in [2.45, 2.75) is 19.4 Å². The molecule has 2 N–H and O–H groups in total. The second-order valence-electron chi connectivity index (χ2n) is 7.70. The van der Waals surface area contributed by atoms with Gasteiger partial charge in [0.15, 0.2) is 0 Å². The monoisotopic (exact) mass is 459 g/mol. The molecule has 2 aromatic heterocycles. The Bertz CT molecular complexity index is 1120. The van der Waals surface area contributed by atoms with Crippen LogP contribution in [0.5, 0.6) is 5.75 Å². The molecule has 1 amide bonds. The van der Waals surface area contributed by atoms with E-state index in [1.54, 1.807) is 18.5 Å². The van der Waals surface area contributed by atoms with Crippen molar-refractivity contribution < 1.29 is 27.8 Å². The third kappa shape index (κ3) is 5.37. The quantitative estimate of drug-likeness (QED) is 0.602. The second kappa shape index (κ2) is 9.02. The molecule has 3 aromatic rings. The summed E-state index contributed by atoms with van der Waals surface area (Å²) < 4.78 is 40.8. The van der Waals surface area contributed by atoms with Crippen LogP contribution in [0.3, 0.4) is 0 Å². The molecule has 0 aliphatic carbocycles. The van der Waals surface area contributed by atoms with Gasteiger partial charge in [0, 0.05) is 54.4 Å². The number of alkyl halides is 3. The molecule has 0 spiro atoms. The third-order valence-corrected chi connectivity index (χ3v) is 5.22. The van der Waals surface area contributed by atoms with Crippen molar-refractivity contribution in [3.05, 3.63) is 60.8 Å². The number of carbonyl (C=O) groups is 1.